The molecule has 1 unspecified atom stereocenters. The van der Waals surface area contributed by atoms with E-state index in [-0.39, 0.29) is 0 Å². The van der Waals surface area contributed by atoms with E-state index in [0.717, 1.165) is 23.3 Å². The number of aromatic nitrogens is 1. The molecule has 0 amide bonds. The van der Waals surface area contributed by atoms with Crippen molar-refractivity contribution in [2.75, 3.05) is 26.0 Å². The summed E-state index contributed by atoms with van der Waals surface area (Å²) in [6.45, 7) is 5.34. The fourth-order valence-electron chi connectivity index (χ4n) is 1.45. The van der Waals surface area contributed by atoms with Crippen LogP contribution in [-0.4, -0.2) is 36.6 Å². The highest BCUT2D eigenvalue weighted by Gasteiger charge is 2.06. The lowest BCUT2D eigenvalue weighted by atomic mass is 10.2. The van der Waals surface area contributed by atoms with Gasteiger partial charge in [-0.1, -0.05) is 0 Å². The van der Waals surface area contributed by atoms with Gasteiger partial charge in [0.1, 0.15) is 5.82 Å². The average molecular weight is 286 g/mol. The van der Waals surface area contributed by atoms with Gasteiger partial charge in [0.25, 0.3) is 0 Å². The second-order valence-corrected chi connectivity index (χ2v) is 5.37. The standard InChI is InChI=1S/C12H20BrN3/c1-9-7-11(13)8-14-12(9)15-10(2)5-6-16(3)4/h7-8,10H,5-6H2,1-4H3,(H,14,15). The van der Waals surface area contributed by atoms with Gasteiger partial charge in [-0.05, 0) is 68.5 Å². The Kier molecular flexibility index (Phi) is 5.22. The number of anilines is 1. The van der Waals surface area contributed by atoms with Crippen LogP contribution in [0.15, 0.2) is 16.7 Å². The number of pyridine rings is 1. The lowest BCUT2D eigenvalue weighted by Crippen LogP contribution is -2.23. The number of nitrogens with one attached hydrogen (secondary N) is 1. The highest BCUT2D eigenvalue weighted by atomic mass is 79.9. The van der Waals surface area contributed by atoms with Crippen LogP contribution < -0.4 is 5.32 Å². The van der Waals surface area contributed by atoms with Crippen LogP contribution in [-0.2, 0) is 0 Å². The summed E-state index contributed by atoms with van der Waals surface area (Å²) in [6.07, 6.45) is 2.94. The summed E-state index contributed by atoms with van der Waals surface area (Å²) in [5.41, 5.74) is 1.17. The lowest BCUT2D eigenvalue weighted by Gasteiger charge is -2.18. The van der Waals surface area contributed by atoms with Gasteiger partial charge in [-0.2, -0.15) is 0 Å². The molecule has 4 heteroatoms. The van der Waals surface area contributed by atoms with Crippen molar-refractivity contribution in [3.05, 3.63) is 22.3 Å². The van der Waals surface area contributed by atoms with Gasteiger partial charge >= 0.3 is 0 Å². The second-order valence-electron chi connectivity index (χ2n) is 4.46. The Hall–Kier alpha value is -0.610. The first-order valence-electron chi connectivity index (χ1n) is 5.52. The molecule has 16 heavy (non-hydrogen) atoms. The topological polar surface area (TPSA) is 28.2 Å². The van der Waals surface area contributed by atoms with E-state index in [1.54, 1.807) is 0 Å². The van der Waals surface area contributed by atoms with Gasteiger partial charge in [0, 0.05) is 16.7 Å². The Morgan fingerprint density at radius 1 is 1.50 bits per heavy atom. The van der Waals surface area contributed by atoms with Gasteiger partial charge in [-0.15, -0.1) is 0 Å². The molecular formula is C12H20BrN3. The predicted octanol–water partition coefficient (Wildman–Crippen LogP) is 2.90. The molecule has 0 aliphatic heterocycles. The first-order valence-corrected chi connectivity index (χ1v) is 6.31. The van der Waals surface area contributed by atoms with Crippen molar-refractivity contribution in [3.8, 4) is 0 Å². The quantitative estimate of drug-likeness (QED) is 0.902. The van der Waals surface area contributed by atoms with Crippen LogP contribution in [0.2, 0.25) is 0 Å². The highest BCUT2D eigenvalue weighted by molar-refractivity contribution is 9.10. The highest BCUT2D eigenvalue weighted by Crippen LogP contribution is 2.17. The van der Waals surface area contributed by atoms with Crippen molar-refractivity contribution >= 4 is 21.7 Å². The molecule has 0 radical (unpaired) electrons. The van der Waals surface area contributed by atoms with Crippen molar-refractivity contribution in [2.24, 2.45) is 0 Å². The van der Waals surface area contributed by atoms with Gasteiger partial charge in [0.15, 0.2) is 0 Å². The van der Waals surface area contributed by atoms with Crippen LogP contribution in [0.3, 0.4) is 0 Å². The van der Waals surface area contributed by atoms with E-state index < -0.39 is 0 Å². The van der Waals surface area contributed by atoms with E-state index in [4.69, 9.17) is 0 Å². The molecule has 0 spiro atoms. The van der Waals surface area contributed by atoms with E-state index in [2.05, 4.69) is 65.1 Å². The number of nitrogens with zero attached hydrogens (tertiary/aromatic N) is 2. The van der Waals surface area contributed by atoms with Crippen molar-refractivity contribution in [2.45, 2.75) is 26.3 Å². The Morgan fingerprint density at radius 3 is 2.75 bits per heavy atom. The number of rotatable bonds is 5. The molecule has 0 saturated heterocycles. The molecule has 1 heterocycles. The fourth-order valence-corrected chi connectivity index (χ4v) is 1.89. The molecule has 0 bridgehead atoms. The van der Waals surface area contributed by atoms with Crippen molar-refractivity contribution in [3.63, 3.8) is 0 Å². The Morgan fingerprint density at radius 2 is 2.19 bits per heavy atom. The molecule has 1 rings (SSSR count). The third-order valence-electron chi connectivity index (χ3n) is 2.44. The zero-order chi connectivity index (χ0) is 12.1. The zero-order valence-corrected chi connectivity index (χ0v) is 12.0. The van der Waals surface area contributed by atoms with Gasteiger partial charge in [-0.3, -0.25) is 0 Å². The molecule has 0 saturated carbocycles. The van der Waals surface area contributed by atoms with E-state index in [0.29, 0.717) is 6.04 Å². The molecular weight excluding hydrogens is 266 g/mol. The Bertz CT molecular complexity index is 339. The molecule has 1 atom stereocenters. The second kappa shape index (κ2) is 6.21. The minimum atomic E-state index is 0.440. The SMILES string of the molecule is Cc1cc(Br)cnc1NC(C)CCN(C)C. The summed E-state index contributed by atoms with van der Waals surface area (Å²) < 4.78 is 1.02. The Labute approximate surface area is 106 Å². The third-order valence-corrected chi connectivity index (χ3v) is 2.87. The molecule has 1 N–H and O–H groups in total. The lowest BCUT2D eigenvalue weighted by molar-refractivity contribution is 0.390. The van der Waals surface area contributed by atoms with E-state index >= 15 is 0 Å². The third kappa shape index (κ3) is 4.49. The van der Waals surface area contributed by atoms with E-state index in [1.807, 2.05) is 6.20 Å². The fraction of sp³-hybridized carbons (Fsp3) is 0.583. The molecule has 0 aliphatic rings. The molecule has 3 nitrogen and oxygen atoms in total. The van der Waals surface area contributed by atoms with Gasteiger partial charge in [0.05, 0.1) is 0 Å². The monoisotopic (exact) mass is 285 g/mol. The molecule has 90 valence electrons. The maximum absolute atomic E-state index is 4.37. The van der Waals surface area contributed by atoms with Crippen LogP contribution in [0.5, 0.6) is 0 Å². The zero-order valence-electron chi connectivity index (χ0n) is 10.4. The summed E-state index contributed by atoms with van der Waals surface area (Å²) >= 11 is 3.42. The Balaban J connectivity index is 2.52. The maximum atomic E-state index is 4.37. The molecule has 1 aromatic rings. The molecule has 0 aliphatic carbocycles. The largest absolute Gasteiger partial charge is 0.367 e. The van der Waals surface area contributed by atoms with Crippen molar-refractivity contribution in [1.29, 1.82) is 0 Å². The van der Waals surface area contributed by atoms with Gasteiger partial charge < -0.3 is 10.2 Å². The number of hydrogen-bond donors (Lipinski definition) is 1. The normalized spacial score (nSPS) is 12.9. The first kappa shape index (κ1) is 13.5. The number of aryl methyl sites for hydroxylation is 1. The van der Waals surface area contributed by atoms with Gasteiger partial charge in [-0.25, -0.2) is 4.98 Å². The number of halogens is 1. The smallest absolute Gasteiger partial charge is 0.129 e. The molecule has 0 fully saturated rings. The van der Waals surface area contributed by atoms with Crippen LogP contribution in [0.25, 0.3) is 0 Å². The number of hydrogen-bond acceptors (Lipinski definition) is 3. The summed E-state index contributed by atoms with van der Waals surface area (Å²) in [6, 6.07) is 2.52. The summed E-state index contributed by atoms with van der Waals surface area (Å²) in [5, 5.41) is 3.43. The van der Waals surface area contributed by atoms with E-state index in [9.17, 15) is 0 Å². The first-order chi connectivity index (χ1) is 7.49. The van der Waals surface area contributed by atoms with Crippen LogP contribution in [0.1, 0.15) is 18.9 Å². The minimum absolute atomic E-state index is 0.440. The molecule has 0 aromatic carbocycles. The average Bonchev–Trinajstić information content (AvgIpc) is 2.19. The summed E-state index contributed by atoms with van der Waals surface area (Å²) in [5.74, 6) is 0.981. The van der Waals surface area contributed by atoms with Crippen molar-refractivity contribution in [1.82, 2.24) is 9.88 Å². The summed E-state index contributed by atoms with van der Waals surface area (Å²) in [7, 11) is 4.19. The predicted molar refractivity (Wildman–Crippen MR) is 72.9 cm³/mol. The summed E-state index contributed by atoms with van der Waals surface area (Å²) in [4.78, 5) is 6.57. The van der Waals surface area contributed by atoms with Gasteiger partial charge in [0.2, 0.25) is 0 Å². The van der Waals surface area contributed by atoms with Crippen LogP contribution in [0, 0.1) is 6.92 Å². The maximum Gasteiger partial charge on any atom is 0.129 e. The van der Waals surface area contributed by atoms with Crippen molar-refractivity contribution < 1.29 is 0 Å². The van der Waals surface area contributed by atoms with Crippen LogP contribution >= 0.6 is 15.9 Å². The van der Waals surface area contributed by atoms with Crippen LogP contribution in [0.4, 0.5) is 5.82 Å². The minimum Gasteiger partial charge on any atom is -0.367 e. The van der Waals surface area contributed by atoms with E-state index in [1.165, 1.54) is 5.56 Å². The molecule has 1 aromatic heterocycles.